The van der Waals surface area contributed by atoms with E-state index in [0.29, 0.717) is 5.92 Å². The first-order valence-corrected chi connectivity index (χ1v) is 9.69. The van der Waals surface area contributed by atoms with Crippen molar-refractivity contribution in [1.82, 2.24) is 0 Å². The third-order valence-electron chi connectivity index (χ3n) is 6.04. The largest absolute Gasteiger partial charge is 0.103 e. The minimum atomic E-state index is 0.698. The zero-order valence-electron chi connectivity index (χ0n) is 15.2. The Balaban J connectivity index is 2.59. The van der Waals surface area contributed by atoms with Crippen LogP contribution in [0.25, 0.3) is 0 Å². The molecule has 1 fully saturated rings. The summed E-state index contributed by atoms with van der Waals surface area (Å²) < 4.78 is 0. The third-order valence-corrected chi connectivity index (χ3v) is 6.04. The number of hydrogen-bond donors (Lipinski definition) is 0. The molecule has 1 rings (SSSR count). The van der Waals surface area contributed by atoms with Crippen LogP contribution in [0.1, 0.15) is 91.9 Å². The lowest BCUT2D eigenvalue weighted by atomic mass is 9.83. The number of rotatable bonds is 3. The van der Waals surface area contributed by atoms with Crippen LogP contribution in [0, 0.1) is 29.6 Å². The standard InChI is InChI=1S/C21H40/c1-6-19(5)21-12-8-10-17(3)14-15-20(7-2)16-18(4)11-9-13-21/h6,17-21H,1,7-16H2,2-5H3. The molecule has 0 heteroatoms. The highest BCUT2D eigenvalue weighted by Crippen LogP contribution is 2.31. The molecule has 5 atom stereocenters. The van der Waals surface area contributed by atoms with Gasteiger partial charge in [-0.1, -0.05) is 78.7 Å². The van der Waals surface area contributed by atoms with Crippen molar-refractivity contribution >= 4 is 0 Å². The topological polar surface area (TPSA) is 0 Å². The van der Waals surface area contributed by atoms with Gasteiger partial charge in [0.15, 0.2) is 0 Å². The Morgan fingerprint density at radius 2 is 1.57 bits per heavy atom. The lowest BCUT2D eigenvalue weighted by Crippen LogP contribution is -2.11. The van der Waals surface area contributed by atoms with Crippen molar-refractivity contribution in [2.24, 2.45) is 29.6 Å². The maximum atomic E-state index is 4.03. The van der Waals surface area contributed by atoms with Crippen molar-refractivity contribution in [3.63, 3.8) is 0 Å². The molecular weight excluding hydrogens is 252 g/mol. The van der Waals surface area contributed by atoms with Gasteiger partial charge in [0.05, 0.1) is 0 Å². The van der Waals surface area contributed by atoms with Gasteiger partial charge in [0.1, 0.15) is 0 Å². The second-order valence-corrected chi connectivity index (χ2v) is 8.01. The van der Waals surface area contributed by atoms with Gasteiger partial charge in [-0.3, -0.25) is 0 Å². The van der Waals surface area contributed by atoms with Gasteiger partial charge in [0.2, 0.25) is 0 Å². The van der Waals surface area contributed by atoms with E-state index in [1.807, 2.05) is 0 Å². The van der Waals surface area contributed by atoms with Gasteiger partial charge in [-0.05, 0) is 48.9 Å². The molecule has 1 saturated carbocycles. The highest BCUT2D eigenvalue weighted by Gasteiger charge is 2.18. The summed E-state index contributed by atoms with van der Waals surface area (Å²) in [4.78, 5) is 0. The maximum Gasteiger partial charge on any atom is -0.0236 e. The average molecular weight is 293 g/mol. The Hall–Kier alpha value is -0.260. The predicted octanol–water partition coefficient (Wildman–Crippen LogP) is 7.25. The molecule has 0 nitrogen and oxygen atoms in total. The van der Waals surface area contributed by atoms with E-state index in [0.717, 1.165) is 23.7 Å². The quantitative estimate of drug-likeness (QED) is 0.481. The summed E-state index contributed by atoms with van der Waals surface area (Å²) in [7, 11) is 0. The second-order valence-electron chi connectivity index (χ2n) is 8.01. The molecule has 0 aromatic rings. The summed E-state index contributed by atoms with van der Waals surface area (Å²) in [5.41, 5.74) is 0. The van der Waals surface area contributed by atoms with Crippen molar-refractivity contribution in [2.45, 2.75) is 91.9 Å². The summed E-state index contributed by atoms with van der Waals surface area (Å²) in [5, 5.41) is 0. The Kier molecular flexibility index (Phi) is 9.36. The normalized spacial score (nSPS) is 35.0. The highest BCUT2D eigenvalue weighted by molar-refractivity contribution is 4.82. The fourth-order valence-corrected chi connectivity index (χ4v) is 4.16. The molecule has 0 spiro atoms. The van der Waals surface area contributed by atoms with Crippen LogP contribution in [0.4, 0.5) is 0 Å². The highest BCUT2D eigenvalue weighted by atomic mass is 14.2. The van der Waals surface area contributed by atoms with Gasteiger partial charge >= 0.3 is 0 Å². The molecule has 1 aliphatic carbocycles. The molecule has 0 amide bonds. The van der Waals surface area contributed by atoms with Gasteiger partial charge in [0, 0.05) is 0 Å². The van der Waals surface area contributed by atoms with E-state index >= 15 is 0 Å². The summed E-state index contributed by atoms with van der Waals surface area (Å²) in [6, 6.07) is 0. The second kappa shape index (κ2) is 10.5. The van der Waals surface area contributed by atoms with E-state index in [2.05, 4.69) is 40.3 Å². The van der Waals surface area contributed by atoms with E-state index in [1.165, 1.54) is 64.2 Å². The molecule has 21 heavy (non-hydrogen) atoms. The van der Waals surface area contributed by atoms with Crippen LogP contribution in [-0.4, -0.2) is 0 Å². The predicted molar refractivity (Wildman–Crippen MR) is 96.5 cm³/mol. The number of allylic oxidation sites excluding steroid dienone is 1. The van der Waals surface area contributed by atoms with Crippen LogP contribution in [0.15, 0.2) is 12.7 Å². The fourth-order valence-electron chi connectivity index (χ4n) is 4.16. The fraction of sp³-hybridized carbons (Fsp3) is 0.905. The molecule has 0 heterocycles. The van der Waals surface area contributed by atoms with Gasteiger partial charge in [0.25, 0.3) is 0 Å². The van der Waals surface area contributed by atoms with Crippen LogP contribution < -0.4 is 0 Å². The lowest BCUT2D eigenvalue weighted by molar-refractivity contribution is 0.310. The van der Waals surface area contributed by atoms with E-state index in [4.69, 9.17) is 0 Å². The van der Waals surface area contributed by atoms with Crippen LogP contribution in [0.2, 0.25) is 0 Å². The molecule has 1 aliphatic rings. The Bertz CT molecular complexity index is 267. The average Bonchev–Trinajstić information content (AvgIpc) is 2.49. The zero-order chi connectivity index (χ0) is 15.7. The molecule has 0 saturated heterocycles. The van der Waals surface area contributed by atoms with Crippen molar-refractivity contribution in [3.05, 3.63) is 12.7 Å². The summed E-state index contributed by atoms with van der Waals surface area (Å²) in [6.45, 7) is 13.8. The molecule has 0 aromatic heterocycles. The monoisotopic (exact) mass is 292 g/mol. The molecule has 0 radical (unpaired) electrons. The SMILES string of the molecule is C=CC(C)C1CCCC(C)CCC(CC)CC(C)CCC1. The summed E-state index contributed by atoms with van der Waals surface area (Å²) >= 11 is 0. The van der Waals surface area contributed by atoms with Crippen molar-refractivity contribution < 1.29 is 0 Å². The van der Waals surface area contributed by atoms with E-state index in [9.17, 15) is 0 Å². The first kappa shape index (κ1) is 18.8. The first-order valence-electron chi connectivity index (χ1n) is 9.69. The van der Waals surface area contributed by atoms with E-state index in [-0.39, 0.29) is 0 Å². The molecule has 124 valence electrons. The van der Waals surface area contributed by atoms with Crippen LogP contribution >= 0.6 is 0 Å². The summed E-state index contributed by atoms with van der Waals surface area (Å²) in [5.74, 6) is 4.40. The zero-order valence-corrected chi connectivity index (χ0v) is 15.2. The molecule has 0 bridgehead atoms. The van der Waals surface area contributed by atoms with Crippen LogP contribution in [-0.2, 0) is 0 Å². The van der Waals surface area contributed by atoms with Crippen molar-refractivity contribution in [2.75, 3.05) is 0 Å². The minimum Gasteiger partial charge on any atom is -0.103 e. The Morgan fingerprint density at radius 1 is 0.952 bits per heavy atom. The molecule has 5 unspecified atom stereocenters. The van der Waals surface area contributed by atoms with Gasteiger partial charge in [-0.15, -0.1) is 6.58 Å². The van der Waals surface area contributed by atoms with Crippen molar-refractivity contribution in [1.29, 1.82) is 0 Å². The molecular formula is C21H40. The Labute approximate surface area is 134 Å². The molecule has 0 N–H and O–H groups in total. The van der Waals surface area contributed by atoms with E-state index < -0.39 is 0 Å². The van der Waals surface area contributed by atoms with E-state index in [1.54, 1.807) is 0 Å². The maximum absolute atomic E-state index is 4.03. The van der Waals surface area contributed by atoms with Crippen LogP contribution in [0.5, 0.6) is 0 Å². The Morgan fingerprint density at radius 3 is 2.14 bits per heavy atom. The summed E-state index contributed by atoms with van der Waals surface area (Å²) in [6.07, 6.45) is 16.5. The van der Waals surface area contributed by atoms with Gasteiger partial charge < -0.3 is 0 Å². The smallest absolute Gasteiger partial charge is 0.0236 e. The molecule has 0 aromatic carbocycles. The van der Waals surface area contributed by atoms with Gasteiger partial charge in [-0.2, -0.15) is 0 Å². The molecule has 0 aliphatic heterocycles. The van der Waals surface area contributed by atoms with Crippen molar-refractivity contribution in [3.8, 4) is 0 Å². The van der Waals surface area contributed by atoms with Crippen LogP contribution in [0.3, 0.4) is 0 Å². The minimum absolute atomic E-state index is 0.698. The lowest BCUT2D eigenvalue weighted by Gasteiger charge is -2.23. The number of hydrogen-bond acceptors (Lipinski definition) is 0. The third kappa shape index (κ3) is 7.52. The van der Waals surface area contributed by atoms with Gasteiger partial charge in [-0.25, -0.2) is 0 Å². The first-order chi connectivity index (χ1) is 10.1.